The SMILES string of the molecule is CC(=O)Nc1ccc(S(=O)(=O)NCC(=O)Nc2nc3ccccc3[nH]2)cc1. The van der Waals surface area contributed by atoms with Crippen LogP contribution in [0.4, 0.5) is 11.6 Å². The lowest BCUT2D eigenvalue weighted by molar-refractivity contribution is -0.115. The van der Waals surface area contributed by atoms with Crippen LogP contribution in [0.1, 0.15) is 6.92 Å². The zero-order chi connectivity index (χ0) is 19.4. The lowest BCUT2D eigenvalue weighted by Crippen LogP contribution is -2.33. The maximum absolute atomic E-state index is 12.3. The molecule has 3 aromatic rings. The number of H-pyrrole nitrogens is 1. The number of aromatic nitrogens is 2. The van der Waals surface area contributed by atoms with E-state index in [1.165, 1.54) is 31.2 Å². The number of nitrogens with zero attached hydrogens (tertiary/aromatic N) is 1. The molecule has 0 radical (unpaired) electrons. The van der Waals surface area contributed by atoms with E-state index in [0.717, 1.165) is 5.52 Å². The molecule has 4 N–H and O–H groups in total. The molecule has 0 aliphatic carbocycles. The average Bonchev–Trinajstić information content (AvgIpc) is 3.02. The Bertz CT molecular complexity index is 1060. The number of imidazole rings is 1. The first-order chi connectivity index (χ1) is 12.8. The molecule has 0 aliphatic heterocycles. The van der Waals surface area contributed by atoms with Gasteiger partial charge in [0.2, 0.25) is 27.8 Å². The Morgan fingerprint density at radius 2 is 1.74 bits per heavy atom. The molecule has 0 unspecified atom stereocenters. The minimum atomic E-state index is -3.87. The van der Waals surface area contributed by atoms with Crippen molar-refractivity contribution in [3.05, 3.63) is 48.5 Å². The van der Waals surface area contributed by atoms with Gasteiger partial charge in [-0.05, 0) is 36.4 Å². The molecule has 0 spiro atoms. The molecule has 0 aliphatic rings. The van der Waals surface area contributed by atoms with Gasteiger partial charge in [0.05, 0.1) is 22.5 Å². The number of hydrogen-bond donors (Lipinski definition) is 4. The number of rotatable bonds is 6. The van der Waals surface area contributed by atoms with Crippen LogP contribution in [0.5, 0.6) is 0 Å². The molecule has 0 bridgehead atoms. The summed E-state index contributed by atoms with van der Waals surface area (Å²) in [6.45, 7) is 0.902. The summed E-state index contributed by atoms with van der Waals surface area (Å²) in [5.74, 6) is -0.585. The molecule has 1 heterocycles. The summed E-state index contributed by atoms with van der Waals surface area (Å²) in [7, 11) is -3.87. The summed E-state index contributed by atoms with van der Waals surface area (Å²) in [6.07, 6.45) is 0. The lowest BCUT2D eigenvalue weighted by Gasteiger charge is -2.08. The first-order valence-corrected chi connectivity index (χ1v) is 9.44. The quantitative estimate of drug-likeness (QED) is 0.508. The van der Waals surface area contributed by atoms with Gasteiger partial charge in [0.1, 0.15) is 0 Å². The topological polar surface area (TPSA) is 133 Å². The molecule has 2 aromatic carbocycles. The van der Waals surface area contributed by atoms with Crippen LogP contribution < -0.4 is 15.4 Å². The Labute approximate surface area is 155 Å². The van der Waals surface area contributed by atoms with Gasteiger partial charge < -0.3 is 10.3 Å². The fourth-order valence-corrected chi connectivity index (χ4v) is 3.33. The van der Waals surface area contributed by atoms with E-state index in [1.807, 2.05) is 18.2 Å². The number of para-hydroxylation sites is 2. The maximum atomic E-state index is 12.3. The predicted octanol–water partition coefficient (Wildman–Crippen LogP) is 1.44. The molecule has 1 aromatic heterocycles. The minimum Gasteiger partial charge on any atom is -0.326 e. The molecular formula is C17H17N5O4S. The molecule has 0 fully saturated rings. The van der Waals surface area contributed by atoms with Crippen molar-refractivity contribution in [3.63, 3.8) is 0 Å². The second-order valence-corrected chi connectivity index (χ2v) is 7.45. The molecule has 140 valence electrons. The van der Waals surface area contributed by atoms with Crippen molar-refractivity contribution in [3.8, 4) is 0 Å². The Morgan fingerprint density at radius 3 is 2.41 bits per heavy atom. The summed E-state index contributed by atoms with van der Waals surface area (Å²) in [4.78, 5) is 30.1. The van der Waals surface area contributed by atoms with Gasteiger partial charge in [-0.25, -0.2) is 18.1 Å². The van der Waals surface area contributed by atoms with Gasteiger partial charge in [0.15, 0.2) is 0 Å². The number of aromatic amines is 1. The molecule has 0 atom stereocenters. The van der Waals surface area contributed by atoms with E-state index in [2.05, 4.69) is 25.3 Å². The van der Waals surface area contributed by atoms with Crippen molar-refractivity contribution in [1.82, 2.24) is 14.7 Å². The average molecular weight is 387 g/mol. The number of fused-ring (bicyclic) bond motifs is 1. The highest BCUT2D eigenvalue weighted by Crippen LogP contribution is 2.15. The third-order valence-corrected chi connectivity index (χ3v) is 4.97. The number of nitrogens with one attached hydrogen (secondary N) is 4. The van der Waals surface area contributed by atoms with Crippen LogP contribution >= 0.6 is 0 Å². The first-order valence-electron chi connectivity index (χ1n) is 7.95. The van der Waals surface area contributed by atoms with Crippen LogP contribution in [0.2, 0.25) is 0 Å². The zero-order valence-electron chi connectivity index (χ0n) is 14.3. The summed E-state index contributed by atoms with van der Waals surface area (Å²) < 4.78 is 26.7. The molecule has 2 amide bonds. The van der Waals surface area contributed by atoms with E-state index >= 15 is 0 Å². The largest absolute Gasteiger partial charge is 0.326 e. The van der Waals surface area contributed by atoms with Crippen molar-refractivity contribution in [2.24, 2.45) is 0 Å². The van der Waals surface area contributed by atoms with Crippen molar-refractivity contribution >= 4 is 44.5 Å². The molecule has 10 heteroatoms. The second kappa shape index (κ2) is 7.56. The van der Waals surface area contributed by atoms with E-state index in [1.54, 1.807) is 6.07 Å². The maximum Gasteiger partial charge on any atom is 0.241 e. The fraction of sp³-hybridized carbons (Fsp3) is 0.118. The van der Waals surface area contributed by atoms with Crippen molar-refractivity contribution in [2.45, 2.75) is 11.8 Å². The van der Waals surface area contributed by atoms with Gasteiger partial charge in [0.25, 0.3) is 0 Å². The highest BCUT2D eigenvalue weighted by molar-refractivity contribution is 7.89. The molecule has 0 saturated carbocycles. The molecule has 9 nitrogen and oxygen atoms in total. The van der Waals surface area contributed by atoms with Crippen molar-refractivity contribution in [1.29, 1.82) is 0 Å². The molecular weight excluding hydrogens is 370 g/mol. The van der Waals surface area contributed by atoms with Gasteiger partial charge in [0, 0.05) is 12.6 Å². The smallest absolute Gasteiger partial charge is 0.241 e. The molecule has 27 heavy (non-hydrogen) atoms. The molecule has 0 saturated heterocycles. The zero-order valence-corrected chi connectivity index (χ0v) is 15.1. The standard InChI is InChI=1S/C17H17N5O4S/c1-11(23)19-12-6-8-13(9-7-12)27(25,26)18-10-16(24)22-17-20-14-4-2-3-5-15(14)21-17/h2-9,18H,10H2,1H3,(H,19,23)(H2,20,21,22,24). The van der Waals surface area contributed by atoms with Gasteiger partial charge in [-0.3, -0.25) is 14.9 Å². The summed E-state index contributed by atoms with van der Waals surface area (Å²) in [6, 6.07) is 12.8. The van der Waals surface area contributed by atoms with E-state index in [9.17, 15) is 18.0 Å². The lowest BCUT2D eigenvalue weighted by atomic mass is 10.3. The van der Waals surface area contributed by atoms with Gasteiger partial charge in [-0.2, -0.15) is 0 Å². The third-order valence-electron chi connectivity index (χ3n) is 3.55. The van der Waals surface area contributed by atoms with Crippen molar-refractivity contribution in [2.75, 3.05) is 17.2 Å². The van der Waals surface area contributed by atoms with Gasteiger partial charge >= 0.3 is 0 Å². The Kier molecular flexibility index (Phi) is 5.19. The number of carbonyl (C=O) groups is 2. The second-order valence-electron chi connectivity index (χ2n) is 5.68. The van der Waals surface area contributed by atoms with Crippen LogP contribution in [0.25, 0.3) is 11.0 Å². The number of benzene rings is 2. The minimum absolute atomic E-state index is 0.0202. The van der Waals surface area contributed by atoms with Gasteiger partial charge in [-0.15, -0.1) is 0 Å². The van der Waals surface area contributed by atoms with Crippen LogP contribution in [0.15, 0.2) is 53.4 Å². The van der Waals surface area contributed by atoms with E-state index in [-0.39, 0.29) is 16.8 Å². The Balaban J connectivity index is 1.60. The van der Waals surface area contributed by atoms with E-state index < -0.39 is 22.5 Å². The summed E-state index contributed by atoms with van der Waals surface area (Å²) >= 11 is 0. The Hall–Kier alpha value is -3.24. The monoisotopic (exact) mass is 387 g/mol. The number of sulfonamides is 1. The Morgan fingerprint density at radius 1 is 1.04 bits per heavy atom. The van der Waals surface area contributed by atoms with E-state index in [0.29, 0.717) is 11.2 Å². The van der Waals surface area contributed by atoms with Gasteiger partial charge in [-0.1, -0.05) is 12.1 Å². The number of hydrogen-bond acceptors (Lipinski definition) is 5. The van der Waals surface area contributed by atoms with Crippen LogP contribution in [-0.2, 0) is 19.6 Å². The van der Waals surface area contributed by atoms with E-state index in [4.69, 9.17) is 0 Å². The number of carbonyl (C=O) groups excluding carboxylic acids is 2. The third kappa shape index (κ3) is 4.68. The summed E-state index contributed by atoms with van der Waals surface area (Å²) in [5.41, 5.74) is 1.92. The van der Waals surface area contributed by atoms with Crippen LogP contribution in [-0.4, -0.2) is 36.7 Å². The molecule has 3 rings (SSSR count). The summed E-state index contributed by atoms with van der Waals surface area (Å²) in [5, 5.41) is 5.05. The number of amides is 2. The van der Waals surface area contributed by atoms with Crippen LogP contribution in [0, 0.1) is 0 Å². The highest BCUT2D eigenvalue weighted by Gasteiger charge is 2.16. The number of anilines is 2. The highest BCUT2D eigenvalue weighted by atomic mass is 32.2. The van der Waals surface area contributed by atoms with Crippen LogP contribution in [0.3, 0.4) is 0 Å². The first kappa shape index (κ1) is 18.5. The normalized spacial score (nSPS) is 11.3. The fourth-order valence-electron chi connectivity index (χ4n) is 2.35. The predicted molar refractivity (Wildman–Crippen MR) is 101 cm³/mol. The van der Waals surface area contributed by atoms with Crippen molar-refractivity contribution < 1.29 is 18.0 Å².